The molecule has 25 heavy (non-hydrogen) atoms. The number of piperidine rings is 1. The number of benzene rings is 1. The van der Waals surface area contributed by atoms with E-state index in [2.05, 4.69) is 15.3 Å². The van der Waals surface area contributed by atoms with Gasteiger partial charge in [-0.15, -0.1) is 0 Å². The number of urea groups is 1. The molecule has 0 radical (unpaired) electrons. The van der Waals surface area contributed by atoms with Crippen molar-refractivity contribution in [2.24, 2.45) is 0 Å². The van der Waals surface area contributed by atoms with Gasteiger partial charge < -0.3 is 19.7 Å². The highest BCUT2D eigenvalue weighted by atomic mass is 19.1. The number of methoxy groups -OCH3 is 1. The van der Waals surface area contributed by atoms with Crippen molar-refractivity contribution in [1.29, 1.82) is 0 Å². The van der Waals surface area contributed by atoms with Gasteiger partial charge in [0.1, 0.15) is 11.9 Å². The Hall–Kier alpha value is -2.90. The summed E-state index contributed by atoms with van der Waals surface area (Å²) < 4.78 is 23.9. The van der Waals surface area contributed by atoms with Crippen LogP contribution in [0.3, 0.4) is 0 Å². The fourth-order valence-corrected chi connectivity index (χ4v) is 2.65. The molecule has 1 aromatic heterocycles. The van der Waals surface area contributed by atoms with Crippen molar-refractivity contribution in [3.8, 4) is 11.8 Å². The van der Waals surface area contributed by atoms with E-state index < -0.39 is 0 Å². The fourth-order valence-electron chi connectivity index (χ4n) is 2.65. The summed E-state index contributed by atoms with van der Waals surface area (Å²) in [7, 11) is 1.50. The third-order valence-corrected chi connectivity index (χ3v) is 3.87. The van der Waals surface area contributed by atoms with Crippen molar-refractivity contribution in [1.82, 2.24) is 14.9 Å². The Bertz CT molecular complexity index is 726. The van der Waals surface area contributed by atoms with Crippen LogP contribution in [-0.4, -0.2) is 47.2 Å². The molecule has 7 nitrogen and oxygen atoms in total. The maximum absolute atomic E-state index is 12.9. The quantitative estimate of drug-likeness (QED) is 0.921. The lowest BCUT2D eigenvalue weighted by molar-refractivity contribution is 0.0988. The van der Waals surface area contributed by atoms with Gasteiger partial charge in [0, 0.05) is 24.6 Å². The Balaban J connectivity index is 1.60. The summed E-state index contributed by atoms with van der Waals surface area (Å²) >= 11 is 0. The minimum atomic E-state index is -0.345. The molecule has 132 valence electrons. The topological polar surface area (TPSA) is 76.6 Å². The normalized spacial score (nSPS) is 17.0. The van der Waals surface area contributed by atoms with Crippen molar-refractivity contribution in [3.05, 3.63) is 42.5 Å². The van der Waals surface area contributed by atoms with Crippen LogP contribution in [-0.2, 0) is 0 Å². The van der Waals surface area contributed by atoms with Gasteiger partial charge in [-0.2, -0.15) is 0 Å². The molecular formula is C17H19FN4O3. The lowest BCUT2D eigenvalue weighted by Crippen LogP contribution is -2.46. The number of amides is 2. The molecule has 1 N–H and O–H groups in total. The summed E-state index contributed by atoms with van der Waals surface area (Å²) in [5.41, 5.74) is 0.546. The minimum absolute atomic E-state index is 0.196. The fraction of sp³-hybridized carbons (Fsp3) is 0.353. The van der Waals surface area contributed by atoms with Gasteiger partial charge in [0.25, 0.3) is 11.8 Å². The molecule has 2 amide bonds. The number of aromatic nitrogens is 2. The third-order valence-electron chi connectivity index (χ3n) is 3.87. The van der Waals surface area contributed by atoms with E-state index in [-0.39, 0.29) is 18.0 Å². The summed E-state index contributed by atoms with van der Waals surface area (Å²) in [5.74, 6) is 0.286. The van der Waals surface area contributed by atoms with Gasteiger partial charge in [-0.05, 0) is 37.1 Å². The lowest BCUT2D eigenvalue weighted by atomic mass is 10.1. The molecule has 0 bridgehead atoms. The second-order valence-corrected chi connectivity index (χ2v) is 5.64. The molecule has 2 aromatic rings. The van der Waals surface area contributed by atoms with E-state index in [1.165, 1.54) is 43.8 Å². The van der Waals surface area contributed by atoms with Crippen molar-refractivity contribution in [2.45, 2.75) is 18.9 Å². The second-order valence-electron chi connectivity index (χ2n) is 5.64. The first-order chi connectivity index (χ1) is 12.2. The van der Waals surface area contributed by atoms with Crippen molar-refractivity contribution in [3.63, 3.8) is 0 Å². The highest BCUT2D eigenvalue weighted by molar-refractivity contribution is 5.89. The first-order valence-corrected chi connectivity index (χ1v) is 7.99. The Morgan fingerprint density at radius 1 is 1.24 bits per heavy atom. The molecule has 2 heterocycles. The molecule has 8 heteroatoms. The number of ether oxygens (including phenoxy) is 2. The molecule has 0 saturated carbocycles. The minimum Gasteiger partial charge on any atom is -0.477 e. The number of hydrogen-bond donors (Lipinski definition) is 1. The van der Waals surface area contributed by atoms with E-state index >= 15 is 0 Å². The second kappa shape index (κ2) is 7.78. The van der Waals surface area contributed by atoms with Crippen LogP contribution in [0.1, 0.15) is 12.8 Å². The predicted molar refractivity (Wildman–Crippen MR) is 89.2 cm³/mol. The monoisotopic (exact) mass is 346 g/mol. The zero-order valence-corrected chi connectivity index (χ0v) is 13.8. The number of anilines is 1. The highest BCUT2D eigenvalue weighted by Gasteiger charge is 2.26. The van der Waals surface area contributed by atoms with Crippen LogP contribution in [0.15, 0.2) is 36.7 Å². The van der Waals surface area contributed by atoms with Crippen LogP contribution in [0.5, 0.6) is 11.8 Å². The Labute approximate surface area is 144 Å². The first-order valence-electron chi connectivity index (χ1n) is 7.99. The molecule has 3 rings (SSSR count). The molecule has 1 saturated heterocycles. The van der Waals surface area contributed by atoms with Crippen molar-refractivity contribution >= 4 is 11.7 Å². The highest BCUT2D eigenvalue weighted by Crippen LogP contribution is 2.24. The molecule has 0 spiro atoms. The zero-order chi connectivity index (χ0) is 17.6. The first kappa shape index (κ1) is 16.9. The number of likely N-dealkylation sites (tertiary alicyclic amines) is 1. The van der Waals surface area contributed by atoms with Gasteiger partial charge in [0.2, 0.25) is 0 Å². The third kappa shape index (κ3) is 4.34. The maximum atomic E-state index is 12.9. The van der Waals surface area contributed by atoms with E-state index in [9.17, 15) is 9.18 Å². The summed E-state index contributed by atoms with van der Waals surface area (Å²) in [6.45, 7) is 1.05. The molecule has 1 atom stereocenters. The maximum Gasteiger partial charge on any atom is 0.321 e. The van der Waals surface area contributed by atoms with E-state index in [0.29, 0.717) is 30.5 Å². The summed E-state index contributed by atoms with van der Waals surface area (Å²) in [6, 6.07) is 5.41. The molecule has 1 aromatic carbocycles. The summed E-state index contributed by atoms with van der Waals surface area (Å²) in [5, 5.41) is 2.76. The lowest BCUT2D eigenvalue weighted by Gasteiger charge is -2.32. The van der Waals surface area contributed by atoms with Crippen LogP contribution in [0.2, 0.25) is 0 Å². The van der Waals surface area contributed by atoms with Crippen LogP contribution in [0, 0.1) is 5.82 Å². The average Bonchev–Trinajstić information content (AvgIpc) is 2.64. The number of carbonyl (C=O) groups is 1. The van der Waals surface area contributed by atoms with Crippen molar-refractivity contribution < 1.29 is 18.7 Å². The number of nitrogens with zero attached hydrogens (tertiary/aromatic N) is 3. The van der Waals surface area contributed by atoms with E-state index in [1.807, 2.05) is 0 Å². The molecule has 1 fully saturated rings. The molecule has 1 unspecified atom stereocenters. The van der Waals surface area contributed by atoms with E-state index in [0.717, 1.165) is 12.8 Å². The number of hydrogen-bond acceptors (Lipinski definition) is 5. The van der Waals surface area contributed by atoms with E-state index in [4.69, 9.17) is 9.47 Å². The number of nitrogens with one attached hydrogen (secondary N) is 1. The van der Waals surface area contributed by atoms with Crippen LogP contribution in [0.4, 0.5) is 14.9 Å². The number of carbonyl (C=O) groups excluding carboxylic acids is 1. The Kier molecular flexibility index (Phi) is 5.27. The molecular weight excluding hydrogens is 327 g/mol. The van der Waals surface area contributed by atoms with Gasteiger partial charge in [0.05, 0.1) is 13.7 Å². The largest absolute Gasteiger partial charge is 0.477 e. The van der Waals surface area contributed by atoms with Crippen molar-refractivity contribution in [2.75, 3.05) is 25.5 Å². The van der Waals surface area contributed by atoms with Crippen LogP contribution >= 0.6 is 0 Å². The van der Waals surface area contributed by atoms with E-state index in [1.54, 1.807) is 4.90 Å². The van der Waals surface area contributed by atoms with Gasteiger partial charge in [-0.3, -0.25) is 0 Å². The Morgan fingerprint density at radius 2 is 1.96 bits per heavy atom. The SMILES string of the molecule is COc1nccnc1OC1CCCN(C(=O)Nc2ccc(F)cc2)C1. The summed E-state index contributed by atoms with van der Waals surface area (Å²) in [6.07, 6.45) is 4.47. The molecule has 1 aliphatic rings. The zero-order valence-electron chi connectivity index (χ0n) is 13.8. The average molecular weight is 346 g/mol. The van der Waals surface area contributed by atoms with Crippen LogP contribution in [0.25, 0.3) is 0 Å². The van der Waals surface area contributed by atoms with Crippen LogP contribution < -0.4 is 14.8 Å². The molecule has 1 aliphatic heterocycles. The number of rotatable bonds is 4. The number of halogens is 1. The Morgan fingerprint density at radius 3 is 2.68 bits per heavy atom. The predicted octanol–water partition coefficient (Wildman–Crippen LogP) is 2.70. The van der Waals surface area contributed by atoms with Gasteiger partial charge >= 0.3 is 6.03 Å². The smallest absolute Gasteiger partial charge is 0.321 e. The van der Waals surface area contributed by atoms with Gasteiger partial charge in [-0.1, -0.05) is 0 Å². The van der Waals surface area contributed by atoms with Gasteiger partial charge in [0.15, 0.2) is 0 Å². The molecule has 0 aliphatic carbocycles. The van der Waals surface area contributed by atoms with Gasteiger partial charge in [-0.25, -0.2) is 19.2 Å². The summed E-state index contributed by atoms with van der Waals surface area (Å²) in [4.78, 5) is 22.2. The standard InChI is InChI=1S/C17H19FN4O3/c1-24-15-16(20-9-8-19-15)25-14-3-2-10-22(11-14)17(23)21-13-6-4-12(18)5-7-13/h4-9,14H,2-3,10-11H2,1H3,(H,21,23).